The molecule has 0 bridgehead atoms. The second-order valence-electron chi connectivity index (χ2n) is 4.63. The average Bonchev–Trinajstić information content (AvgIpc) is 2.75. The first-order valence-electron chi connectivity index (χ1n) is 6.82. The van der Waals surface area contributed by atoms with E-state index in [1.165, 1.54) is 19.3 Å². The molecule has 0 aromatic carbocycles. The zero-order chi connectivity index (χ0) is 15.5. The summed E-state index contributed by atoms with van der Waals surface area (Å²) in [4.78, 5) is 20.1. The van der Waals surface area contributed by atoms with Crippen molar-refractivity contribution in [3.8, 4) is 0 Å². The van der Waals surface area contributed by atoms with Gasteiger partial charge in [0, 0.05) is 0 Å². The number of carboxylic acid groups (broad SMARTS) is 1. The van der Waals surface area contributed by atoms with Crippen LogP contribution >= 0.6 is 0 Å². The summed E-state index contributed by atoms with van der Waals surface area (Å²) in [5.41, 5.74) is 0. The first-order chi connectivity index (χ1) is 9.43. The van der Waals surface area contributed by atoms with Crippen LogP contribution in [-0.2, 0) is 18.4 Å². The van der Waals surface area contributed by atoms with Crippen molar-refractivity contribution in [2.24, 2.45) is 7.05 Å². The average molecular weight is 284 g/mol. The molecule has 6 heteroatoms. The van der Waals surface area contributed by atoms with Crippen LogP contribution in [0.5, 0.6) is 0 Å². The van der Waals surface area contributed by atoms with Gasteiger partial charge in [-0.15, -0.1) is 0 Å². The van der Waals surface area contributed by atoms with E-state index in [9.17, 15) is 14.7 Å². The number of hydrogen-bond donors (Lipinski definition) is 1. The van der Waals surface area contributed by atoms with Crippen molar-refractivity contribution in [2.45, 2.75) is 52.2 Å². The Hall–Kier alpha value is -1.69. The van der Waals surface area contributed by atoms with E-state index in [2.05, 4.69) is 6.92 Å². The summed E-state index contributed by atoms with van der Waals surface area (Å²) in [5.74, 6) is -0.684. The van der Waals surface area contributed by atoms with Crippen molar-refractivity contribution >= 4 is 12.3 Å². The van der Waals surface area contributed by atoms with Crippen LogP contribution in [0.3, 0.4) is 0 Å². The molecule has 0 aliphatic carbocycles. The molecule has 0 spiro atoms. The maximum absolute atomic E-state index is 10.8. The number of aliphatic carboxylic acids is 1. The predicted octanol–water partition coefficient (Wildman–Crippen LogP) is -0.177. The quantitative estimate of drug-likeness (QED) is 0.427. The summed E-state index contributed by atoms with van der Waals surface area (Å²) in [5, 5.41) is 17.3. The smallest absolute Gasteiger partial charge is 0.321 e. The molecule has 0 radical (unpaired) electrons. The highest BCUT2D eigenvalue weighted by molar-refractivity contribution is 5.68. The fraction of sp³-hybridized carbons (Fsp3) is 0.643. The molecule has 0 saturated heterocycles. The van der Waals surface area contributed by atoms with Gasteiger partial charge in [0.25, 0.3) is 0 Å². The molecule has 20 heavy (non-hydrogen) atoms. The lowest BCUT2D eigenvalue weighted by atomic mass is 10.2. The first kappa shape index (κ1) is 18.3. The molecule has 1 N–H and O–H groups in total. The molecule has 1 atom stereocenters. The van der Waals surface area contributed by atoms with E-state index in [1.54, 1.807) is 0 Å². The second-order valence-corrected chi connectivity index (χ2v) is 4.63. The summed E-state index contributed by atoms with van der Waals surface area (Å²) in [7, 11) is 1.90. The molecule has 1 aromatic rings. The minimum atomic E-state index is -1.44. The number of imidazole rings is 1. The van der Waals surface area contributed by atoms with Crippen LogP contribution in [0, 0.1) is 0 Å². The maximum atomic E-state index is 10.8. The number of carboxylic acids is 1. The lowest BCUT2D eigenvalue weighted by Crippen LogP contribution is -2.32. The van der Waals surface area contributed by atoms with Crippen molar-refractivity contribution in [3.05, 3.63) is 18.2 Å². The number of carbonyl (C=O) groups excluding carboxylic acids is 2. The van der Waals surface area contributed by atoms with Crippen LogP contribution in [0.1, 0.15) is 50.1 Å². The lowest BCUT2D eigenvalue weighted by Gasteiger charge is -2.00. The number of carbonyl (C=O) groups is 2. The standard InChI is InChI=1S/C11H19N2O.C3H6O3/c1-3-4-5-6-7-13-9-8-12(2)11(13)10-14;1-2(4)3(5)6/h8-10H,3-7H2,1-2H3;2,4H,1H3,(H,5,6)/q+1;/p-1. The van der Waals surface area contributed by atoms with E-state index in [0.717, 1.165) is 32.0 Å². The molecule has 0 saturated carbocycles. The number of aliphatic hydroxyl groups is 1. The van der Waals surface area contributed by atoms with Crippen molar-refractivity contribution in [3.63, 3.8) is 0 Å². The van der Waals surface area contributed by atoms with Gasteiger partial charge >= 0.3 is 5.82 Å². The number of aryl methyl sites for hydroxylation is 2. The van der Waals surface area contributed by atoms with E-state index in [0.29, 0.717) is 0 Å². The Morgan fingerprint density at radius 2 is 2.10 bits per heavy atom. The van der Waals surface area contributed by atoms with Crippen molar-refractivity contribution in [1.29, 1.82) is 0 Å². The molecular formula is C14H24N2O4. The van der Waals surface area contributed by atoms with Gasteiger partial charge < -0.3 is 15.0 Å². The van der Waals surface area contributed by atoms with Gasteiger partial charge in [-0.3, -0.25) is 4.79 Å². The molecular weight excluding hydrogens is 260 g/mol. The number of aromatic nitrogens is 2. The predicted molar refractivity (Wildman–Crippen MR) is 71.8 cm³/mol. The SMILES string of the molecule is CC(O)C(=O)[O-].CCCCCCn1cc[n+](C)c1C=O. The number of hydrogen-bond acceptors (Lipinski definition) is 4. The fourth-order valence-electron chi connectivity index (χ4n) is 1.58. The Labute approximate surface area is 119 Å². The molecule has 1 rings (SSSR count). The summed E-state index contributed by atoms with van der Waals surface area (Å²) in [6.45, 7) is 4.29. The van der Waals surface area contributed by atoms with Gasteiger partial charge in [0.15, 0.2) is 0 Å². The van der Waals surface area contributed by atoms with Crippen molar-refractivity contribution in [1.82, 2.24) is 4.57 Å². The van der Waals surface area contributed by atoms with Crippen molar-refractivity contribution in [2.75, 3.05) is 0 Å². The van der Waals surface area contributed by atoms with Gasteiger partial charge in [-0.05, 0) is 19.8 Å². The van der Waals surface area contributed by atoms with Gasteiger partial charge in [0.1, 0.15) is 12.4 Å². The Bertz CT molecular complexity index is 413. The Morgan fingerprint density at radius 3 is 2.55 bits per heavy atom. The van der Waals surface area contributed by atoms with E-state index in [-0.39, 0.29) is 0 Å². The number of rotatable bonds is 7. The van der Waals surface area contributed by atoms with Gasteiger partial charge in [-0.2, -0.15) is 0 Å². The molecule has 0 aliphatic rings. The van der Waals surface area contributed by atoms with Crippen LogP contribution in [0.4, 0.5) is 0 Å². The number of nitrogens with zero attached hydrogens (tertiary/aromatic N) is 2. The highest BCUT2D eigenvalue weighted by atomic mass is 16.4. The van der Waals surface area contributed by atoms with E-state index >= 15 is 0 Å². The third-order valence-electron chi connectivity index (χ3n) is 2.82. The zero-order valence-corrected chi connectivity index (χ0v) is 12.4. The largest absolute Gasteiger partial charge is 0.547 e. The molecule has 6 nitrogen and oxygen atoms in total. The van der Waals surface area contributed by atoms with E-state index in [4.69, 9.17) is 5.11 Å². The summed E-state index contributed by atoms with van der Waals surface area (Å²) in [6, 6.07) is 0. The molecule has 0 fully saturated rings. The molecule has 114 valence electrons. The van der Waals surface area contributed by atoms with Gasteiger partial charge in [0.05, 0.1) is 25.7 Å². The van der Waals surface area contributed by atoms with E-state index < -0.39 is 12.1 Å². The molecule has 1 heterocycles. The normalized spacial score (nSPS) is 11.4. The minimum absolute atomic E-state index is 0.751. The van der Waals surface area contributed by atoms with Crippen LogP contribution in [0.15, 0.2) is 12.4 Å². The fourth-order valence-corrected chi connectivity index (χ4v) is 1.58. The third kappa shape index (κ3) is 7.04. The Kier molecular flexibility index (Phi) is 9.28. The Balaban J connectivity index is 0.000000511. The number of unbranched alkanes of at least 4 members (excludes halogenated alkanes) is 3. The summed E-state index contributed by atoms with van der Waals surface area (Å²) >= 11 is 0. The first-order valence-corrected chi connectivity index (χ1v) is 6.82. The monoisotopic (exact) mass is 284 g/mol. The van der Waals surface area contributed by atoms with Crippen LogP contribution in [0.2, 0.25) is 0 Å². The topological polar surface area (TPSA) is 86.2 Å². The molecule has 1 unspecified atom stereocenters. The zero-order valence-electron chi connectivity index (χ0n) is 12.4. The highest BCUT2D eigenvalue weighted by Gasteiger charge is 2.11. The molecule has 1 aromatic heterocycles. The van der Waals surface area contributed by atoms with Crippen molar-refractivity contribution < 1.29 is 24.4 Å². The second kappa shape index (κ2) is 10.1. The highest BCUT2D eigenvalue weighted by Crippen LogP contribution is 2.02. The minimum Gasteiger partial charge on any atom is -0.547 e. The van der Waals surface area contributed by atoms with Gasteiger partial charge in [-0.25, -0.2) is 9.13 Å². The lowest BCUT2D eigenvalue weighted by molar-refractivity contribution is -0.672. The van der Waals surface area contributed by atoms with Crippen LogP contribution in [0.25, 0.3) is 0 Å². The summed E-state index contributed by atoms with van der Waals surface area (Å²) in [6.07, 6.45) is 8.40. The van der Waals surface area contributed by atoms with Gasteiger partial charge in [-0.1, -0.05) is 19.8 Å². The number of aldehydes is 1. The van der Waals surface area contributed by atoms with Gasteiger partial charge in [0.2, 0.25) is 6.29 Å². The maximum Gasteiger partial charge on any atom is 0.321 e. The van der Waals surface area contributed by atoms with E-state index in [1.807, 2.05) is 28.6 Å². The molecule has 0 amide bonds. The summed E-state index contributed by atoms with van der Waals surface area (Å²) < 4.78 is 3.87. The van der Waals surface area contributed by atoms with Crippen LogP contribution in [-0.4, -0.2) is 28.0 Å². The number of aliphatic hydroxyl groups excluding tert-OH is 1. The third-order valence-corrected chi connectivity index (χ3v) is 2.82. The van der Waals surface area contributed by atoms with Crippen LogP contribution < -0.4 is 9.67 Å². The molecule has 0 aliphatic heterocycles. The Morgan fingerprint density at radius 1 is 1.50 bits per heavy atom.